The van der Waals surface area contributed by atoms with Gasteiger partial charge < -0.3 is 19.7 Å². The lowest BCUT2D eigenvalue weighted by molar-refractivity contribution is -0.137. The predicted octanol–water partition coefficient (Wildman–Crippen LogP) is -1.42. The van der Waals surface area contributed by atoms with Gasteiger partial charge in [0, 0.05) is 18.9 Å². The molecular formula is C12H18N2O6. The molecule has 20 heavy (non-hydrogen) atoms. The second kappa shape index (κ2) is 5.49. The van der Waals surface area contributed by atoms with Crippen LogP contribution in [0.1, 0.15) is 20.1 Å². The van der Waals surface area contributed by atoms with Crippen LogP contribution < -0.4 is 11.2 Å². The Hall–Kier alpha value is -1.48. The normalized spacial score (nSPS) is 33.5. The quantitative estimate of drug-likeness (QED) is 0.626. The minimum Gasteiger partial charge on any atom is -0.394 e. The summed E-state index contributed by atoms with van der Waals surface area (Å²) in [7, 11) is 0. The van der Waals surface area contributed by atoms with E-state index in [-0.39, 0.29) is 0 Å². The van der Waals surface area contributed by atoms with Gasteiger partial charge in [0.05, 0.1) is 6.61 Å². The first kappa shape index (κ1) is 14.9. The van der Waals surface area contributed by atoms with Crippen LogP contribution >= 0.6 is 0 Å². The van der Waals surface area contributed by atoms with Crippen LogP contribution in [0.25, 0.3) is 0 Å². The van der Waals surface area contributed by atoms with E-state index in [9.17, 15) is 19.8 Å². The number of aromatic nitrogens is 2. The second-order valence-electron chi connectivity index (χ2n) is 4.79. The zero-order chi connectivity index (χ0) is 14.9. The van der Waals surface area contributed by atoms with E-state index in [1.165, 1.54) is 12.3 Å². The van der Waals surface area contributed by atoms with Crippen molar-refractivity contribution in [2.75, 3.05) is 13.2 Å². The van der Waals surface area contributed by atoms with Gasteiger partial charge in [0.1, 0.15) is 17.8 Å². The molecule has 0 radical (unpaired) electrons. The molecule has 0 aromatic carbocycles. The van der Waals surface area contributed by atoms with Crippen LogP contribution in [-0.4, -0.2) is 50.8 Å². The van der Waals surface area contributed by atoms with Crippen molar-refractivity contribution in [1.82, 2.24) is 9.55 Å². The van der Waals surface area contributed by atoms with Crippen molar-refractivity contribution in [2.45, 2.75) is 37.9 Å². The minimum absolute atomic E-state index is 0.295. The van der Waals surface area contributed by atoms with Gasteiger partial charge in [0.25, 0.3) is 5.56 Å². The Morgan fingerprint density at radius 2 is 2.25 bits per heavy atom. The molecular weight excluding hydrogens is 268 g/mol. The van der Waals surface area contributed by atoms with Crippen molar-refractivity contribution >= 4 is 0 Å². The van der Waals surface area contributed by atoms with Crippen LogP contribution in [0.5, 0.6) is 0 Å². The summed E-state index contributed by atoms with van der Waals surface area (Å²) >= 11 is 0. The van der Waals surface area contributed by atoms with Gasteiger partial charge in [-0.3, -0.25) is 14.3 Å². The molecule has 1 saturated heterocycles. The Labute approximate surface area is 114 Å². The predicted molar refractivity (Wildman–Crippen MR) is 68.4 cm³/mol. The first-order valence-electron chi connectivity index (χ1n) is 6.33. The molecule has 2 rings (SSSR count). The number of aliphatic hydroxyl groups excluding tert-OH is 2. The molecule has 4 atom stereocenters. The standard InChI is InChI=1S/C12H18N2O6/c1-3-19-12(2)9(17)7(6-15)20-10(12)14-5-4-8(16)13-11(14)18/h4-5,7,9-10,15,17H,3,6H2,1-2H3,(H,13,16,18). The van der Waals surface area contributed by atoms with Crippen LogP contribution in [0.3, 0.4) is 0 Å². The fourth-order valence-corrected chi connectivity index (χ4v) is 2.45. The van der Waals surface area contributed by atoms with Gasteiger partial charge >= 0.3 is 5.69 Å². The molecule has 0 spiro atoms. The van der Waals surface area contributed by atoms with Crippen LogP contribution in [0.4, 0.5) is 0 Å². The van der Waals surface area contributed by atoms with E-state index in [0.717, 1.165) is 4.57 Å². The third-order valence-electron chi connectivity index (χ3n) is 3.47. The highest BCUT2D eigenvalue weighted by atomic mass is 16.6. The highest BCUT2D eigenvalue weighted by molar-refractivity contribution is 5.02. The molecule has 1 fully saturated rings. The first-order chi connectivity index (χ1) is 9.43. The third kappa shape index (κ3) is 2.31. The number of H-pyrrole nitrogens is 1. The van der Waals surface area contributed by atoms with E-state index in [0.29, 0.717) is 6.61 Å². The maximum Gasteiger partial charge on any atom is 0.330 e. The van der Waals surface area contributed by atoms with Crippen molar-refractivity contribution < 1.29 is 19.7 Å². The molecule has 8 nitrogen and oxygen atoms in total. The second-order valence-corrected chi connectivity index (χ2v) is 4.79. The number of rotatable bonds is 4. The molecule has 0 saturated carbocycles. The smallest absolute Gasteiger partial charge is 0.330 e. The molecule has 0 bridgehead atoms. The monoisotopic (exact) mass is 286 g/mol. The SMILES string of the molecule is CCOC1(C)C(O)C(CO)OC1n1ccc(=O)[nH]c1=O. The number of nitrogens with zero attached hydrogens (tertiary/aromatic N) is 1. The number of hydrogen-bond donors (Lipinski definition) is 3. The maximum absolute atomic E-state index is 11.8. The molecule has 1 aliphatic rings. The molecule has 2 heterocycles. The van der Waals surface area contributed by atoms with Gasteiger partial charge in [-0.25, -0.2) is 4.79 Å². The third-order valence-corrected chi connectivity index (χ3v) is 3.47. The molecule has 1 aliphatic heterocycles. The molecule has 8 heteroatoms. The highest BCUT2D eigenvalue weighted by Crippen LogP contribution is 2.40. The van der Waals surface area contributed by atoms with Crippen LogP contribution in [-0.2, 0) is 9.47 Å². The summed E-state index contributed by atoms with van der Waals surface area (Å²) in [4.78, 5) is 25.1. The summed E-state index contributed by atoms with van der Waals surface area (Å²) in [6.45, 7) is 3.23. The fraction of sp³-hybridized carbons (Fsp3) is 0.667. The van der Waals surface area contributed by atoms with Crippen molar-refractivity contribution in [3.05, 3.63) is 33.1 Å². The molecule has 0 amide bonds. The lowest BCUT2D eigenvalue weighted by Crippen LogP contribution is -2.49. The van der Waals surface area contributed by atoms with Crippen LogP contribution in [0.2, 0.25) is 0 Å². The Morgan fingerprint density at radius 1 is 1.55 bits per heavy atom. The number of aliphatic hydroxyl groups is 2. The van der Waals surface area contributed by atoms with Gasteiger partial charge in [0.2, 0.25) is 0 Å². The number of hydrogen-bond acceptors (Lipinski definition) is 6. The van der Waals surface area contributed by atoms with Gasteiger partial charge in [-0.05, 0) is 13.8 Å². The van der Waals surface area contributed by atoms with Crippen molar-refractivity contribution in [3.8, 4) is 0 Å². The van der Waals surface area contributed by atoms with E-state index in [4.69, 9.17) is 9.47 Å². The number of aromatic amines is 1. The summed E-state index contributed by atoms with van der Waals surface area (Å²) in [6, 6.07) is 1.18. The van der Waals surface area contributed by atoms with E-state index in [1.807, 2.05) is 0 Å². The maximum atomic E-state index is 11.8. The summed E-state index contributed by atoms with van der Waals surface area (Å²) in [5.74, 6) is 0. The first-order valence-corrected chi connectivity index (χ1v) is 6.33. The summed E-state index contributed by atoms with van der Waals surface area (Å²) < 4.78 is 12.2. The zero-order valence-corrected chi connectivity index (χ0v) is 11.3. The largest absolute Gasteiger partial charge is 0.394 e. The Bertz CT molecular complexity index is 582. The van der Waals surface area contributed by atoms with E-state index < -0.39 is 41.9 Å². The van der Waals surface area contributed by atoms with E-state index in [2.05, 4.69) is 4.98 Å². The Morgan fingerprint density at radius 3 is 2.80 bits per heavy atom. The summed E-state index contributed by atoms with van der Waals surface area (Å²) in [6.07, 6.45) is -1.64. The average molecular weight is 286 g/mol. The zero-order valence-electron chi connectivity index (χ0n) is 11.3. The van der Waals surface area contributed by atoms with Crippen molar-refractivity contribution in [2.24, 2.45) is 0 Å². The van der Waals surface area contributed by atoms with Crippen LogP contribution in [0.15, 0.2) is 21.9 Å². The van der Waals surface area contributed by atoms with Gasteiger partial charge in [-0.15, -0.1) is 0 Å². The molecule has 0 aliphatic carbocycles. The van der Waals surface area contributed by atoms with Gasteiger partial charge in [0.15, 0.2) is 6.23 Å². The highest BCUT2D eigenvalue weighted by Gasteiger charge is 2.55. The Kier molecular flexibility index (Phi) is 4.09. The van der Waals surface area contributed by atoms with Gasteiger partial charge in [-0.1, -0.05) is 0 Å². The Balaban J connectivity index is 2.47. The van der Waals surface area contributed by atoms with Crippen LogP contribution in [0, 0.1) is 0 Å². The number of nitrogens with one attached hydrogen (secondary N) is 1. The summed E-state index contributed by atoms with van der Waals surface area (Å²) in [5.41, 5.74) is -2.40. The van der Waals surface area contributed by atoms with Crippen molar-refractivity contribution in [3.63, 3.8) is 0 Å². The molecule has 112 valence electrons. The minimum atomic E-state index is -1.20. The fourth-order valence-electron chi connectivity index (χ4n) is 2.45. The molecule has 1 aromatic rings. The van der Waals surface area contributed by atoms with E-state index >= 15 is 0 Å². The lowest BCUT2D eigenvalue weighted by atomic mass is 9.96. The average Bonchev–Trinajstić information content (AvgIpc) is 2.63. The molecule has 3 N–H and O–H groups in total. The molecule has 4 unspecified atom stereocenters. The summed E-state index contributed by atoms with van der Waals surface area (Å²) in [5, 5.41) is 19.4. The molecule has 1 aromatic heterocycles. The number of ether oxygens (including phenoxy) is 2. The topological polar surface area (TPSA) is 114 Å². The van der Waals surface area contributed by atoms with E-state index in [1.54, 1.807) is 13.8 Å². The lowest BCUT2D eigenvalue weighted by Gasteiger charge is -2.32. The van der Waals surface area contributed by atoms with Gasteiger partial charge in [-0.2, -0.15) is 0 Å². The van der Waals surface area contributed by atoms with Crippen molar-refractivity contribution in [1.29, 1.82) is 0 Å².